The first-order valence-electron chi connectivity index (χ1n) is 6.96. The molecule has 21 heavy (non-hydrogen) atoms. The molecule has 1 aromatic heterocycles. The number of carbonyl (C=O) groups excluding carboxylic acids is 1. The van der Waals surface area contributed by atoms with Gasteiger partial charge in [0.1, 0.15) is 0 Å². The zero-order valence-corrected chi connectivity index (χ0v) is 12.4. The molecule has 0 N–H and O–H groups in total. The standard InChI is InChI=1S/C15H19N5O/c1-19(2)15-17-10-13(11-18-15)3-4-14(21)20-7-5-12(9-16)6-8-20/h3-4,10-12H,5-8H2,1-2H3. The summed E-state index contributed by atoms with van der Waals surface area (Å²) in [5.74, 6) is 0.699. The number of nitrogens with zero attached hydrogens (tertiary/aromatic N) is 5. The Kier molecular flexibility index (Phi) is 4.88. The molecular weight excluding hydrogens is 266 g/mol. The number of nitriles is 1. The molecule has 2 rings (SSSR count). The fraction of sp³-hybridized carbons (Fsp3) is 0.467. The van der Waals surface area contributed by atoms with Gasteiger partial charge in [0.05, 0.1) is 6.07 Å². The SMILES string of the molecule is CN(C)c1ncc(C=CC(=O)N2CCC(C#N)CC2)cn1. The van der Waals surface area contributed by atoms with Gasteiger partial charge < -0.3 is 9.80 Å². The van der Waals surface area contributed by atoms with Gasteiger partial charge in [-0.3, -0.25) is 4.79 Å². The van der Waals surface area contributed by atoms with Crippen molar-refractivity contribution in [2.45, 2.75) is 12.8 Å². The third kappa shape index (κ3) is 4.02. The van der Waals surface area contributed by atoms with Crippen LogP contribution in [0.5, 0.6) is 0 Å². The molecule has 0 aliphatic carbocycles. The number of amides is 1. The Labute approximate surface area is 124 Å². The van der Waals surface area contributed by atoms with Crippen LogP contribution < -0.4 is 4.90 Å². The van der Waals surface area contributed by atoms with Gasteiger partial charge in [-0.1, -0.05) is 0 Å². The average molecular weight is 285 g/mol. The first kappa shape index (κ1) is 15.0. The van der Waals surface area contributed by atoms with E-state index in [-0.39, 0.29) is 11.8 Å². The molecule has 0 saturated carbocycles. The molecule has 0 unspecified atom stereocenters. The second kappa shape index (κ2) is 6.84. The average Bonchev–Trinajstić information content (AvgIpc) is 2.53. The maximum absolute atomic E-state index is 12.0. The molecule has 1 amide bonds. The number of hydrogen-bond acceptors (Lipinski definition) is 5. The second-order valence-corrected chi connectivity index (χ2v) is 5.27. The number of rotatable bonds is 3. The van der Waals surface area contributed by atoms with E-state index in [0.29, 0.717) is 19.0 Å². The van der Waals surface area contributed by atoms with E-state index in [1.165, 1.54) is 0 Å². The Morgan fingerprint density at radius 1 is 1.38 bits per heavy atom. The van der Waals surface area contributed by atoms with Crippen molar-refractivity contribution in [1.29, 1.82) is 5.26 Å². The molecule has 1 saturated heterocycles. The predicted molar refractivity (Wildman–Crippen MR) is 80.3 cm³/mol. The third-order valence-corrected chi connectivity index (χ3v) is 3.47. The highest BCUT2D eigenvalue weighted by Crippen LogP contribution is 2.16. The molecule has 0 aromatic carbocycles. The maximum Gasteiger partial charge on any atom is 0.246 e. The first-order chi connectivity index (χ1) is 10.1. The van der Waals surface area contributed by atoms with Crippen LogP contribution in [0.2, 0.25) is 0 Å². The molecule has 0 radical (unpaired) electrons. The summed E-state index contributed by atoms with van der Waals surface area (Å²) in [4.78, 5) is 24.0. The van der Waals surface area contributed by atoms with E-state index in [1.807, 2.05) is 19.0 Å². The second-order valence-electron chi connectivity index (χ2n) is 5.27. The minimum Gasteiger partial charge on any atom is -0.347 e. The lowest BCUT2D eigenvalue weighted by atomic mass is 9.98. The summed E-state index contributed by atoms with van der Waals surface area (Å²) in [6.45, 7) is 1.30. The van der Waals surface area contributed by atoms with Crippen molar-refractivity contribution in [1.82, 2.24) is 14.9 Å². The molecule has 0 bridgehead atoms. The molecule has 1 aromatic rings. The van der Waals surface area contributed by atoms with E-state index < -0.39 is 0 Å². The fourth-order valence-electron chi connectivity index (χ4n) is 2.15. The minimum atomic E-state index is -0.0249. The van der Waals surface area contributed by atoms with Crippen LogP contribution >= 0.6 is 0 Å². The Bertz CT molecular complexity index is 550. The monoisotopic (exact) mass is 285 g/mol. The zero-order chi connectivity index (χ0) is 15.2. The van der Waals surface area contributed by atoms with Crippen molar-refractivity contribution in [3.05, 3.63) is 24.0 Å². The van der Waals surface area contributed by atoms with Gasteiger partial charge in [0.15, 0.2) is 0 Å². The van der Waals surface area contributed by atoms with Crippen molar-refractivity contribution in [2.24, 2.45) is 5.92 Å². The quantitative estimate of drug-likeness (QED) is 0.783. The summed E-state index contributed by atoms with van der Waals surface area (Å²) in [6, 6.07) is 2.26. The number of likely N-dealkylation sites (tertiary alicyclic amines) is 1. The lowest BCUT2D eigenvalue weighted by Gasteiger charge is -2.28. The van der Waals surface area contributed by atoms with E-state index in [9.17, 15) is 4.79 Å². The van der Waals surface area contributed by atoms with Gasteiger partial charge in [0.2, 0.25) is 11.9 Å². The Hall–Kier alpha value is -2.42. The van der Waals surface area contributed by atoms with Gasteiger partial charge in [0.25, 0.3) is 0 Å². The summed E-state index contributed by atoms with van der Waals surface area (Å²) < 4.78 is 0. The molecule has 0 atom stereocenters. The van der Waals surface area contributed by atoms with E-state index in [1.54, 1.807) is 29.4 Å². The highest BCUT2D eigenvalue weighted by atomic mass is 16.2. The minimum absolute atomic E-state index is 0.0249. The summed E-state index contributed by atoms with van der Waals surface area (Å²) in [5, 5.41) is 8.84. The van der Waals surface area contributed by atoms with Gasteiger partial charge in [-0.15, -0.1) is 0 Å². The number of anilines is 1. The van der Waals surface area contributed by atoms with Crippen LogP contribution in [-0.2, 0) is 4.79 Å². The molecule has 1 aliphatic heterocycles. The molecular formula is C15H19N5O. The van der Waals surface area contributed by atoms with Gasteiger partial charge >= 0.3 is 0 Å². The lowest BCUT2D eigenvalue weighted by molar-refractivity contribution is -0.127. The zero-order valence-electron chi connectivity index (χ0n) is 12.4. The molecule has 110 valence electrons. The molecule has 6 nitrogen and oxygen atoms in total. The molecule has 1 fully saturated rings. The van der Waals surface area contributed by atoms with Crippen molar-refractivity contribution in [3.8, 4) is 6.07 Å². The van der Waals surface area contributed by atoms with E-state index >= 15 is 0 Å². The predicted octanol–water partition coefficient (Wildman–Crippen LogP) is 1.32. The normalized spacial score (nSPS) is 16.0. The van der Waals surface area contributed by atoms with Gasteiger partial charge in [-0.05, 0) is 18.9 Å². The Morgan fingerprint density at radius 2 is 2.00 bits per heavy atom. The van der Waals surface area contributed by atoms with Crippen LogP contribution in [0.15, 0.2) is 18.5 Å². The Morgan fingerprint density at radius 3 is 2.52 bits per heavy atom. The molecule has 0 spiro atoms. The smallest absolute Gasteiger partial charge is 0.246 e. The third-order valence-electron chi connectivity index (χ3n) is 3.47. The maximum atomic E-state index is 12.0. The van der Waals surface area contributed by atoms with E-state index in [4.69, 9.17) is 5.26 Å². The number of aromatic nitrogens is 2. The van der Waals surface area contributed by atoms with Crippen LogP contribution in [0.25, 0.3) is 6.08 Å². The van der Waals surface area contributed by atoms with Crippen molar-refractivity contribution in [2.75, 3.05) is 32.1 Å². The van der Waals surface area contributed by atoms with Gasteiger partial charge in [-0.2, -0.15) is 5.26 Å². The van der Waals surface area contributed by atoms with Crippen LogP contribution in [0.3, 0.4) is 0 Å². The van der Waals surface area contributed by atoms with Crippen LogP contribution in [0.4, 0.5) is 5.95 Å². The van der Waals surface area contributed by atoms with Crippen LogP contribution in [-0.4, -0.2) is 48.0 Å². The molecule has 2 heterocycles. The molecule has 1 aliphatic rings. The Balaban J connectivity index is 1.92. The molecule has 6 heteroatoms. The van der Waals surface area contributed by atoms with Gasteiger partial charge in [0, 0.05) is 57.1 Å². The first-order valence-corrected chi connectivity index (χ1v) is 6.96. The van der Waals surface area contributed by atoms with Crippen LogP contribution in [0.1, 0.15) is 18.4 Å². The lowest BCUT2D eigenvalue weighted by Crippen LogP contribution is -2.37. The number of carbonyl (C=O) groups is 1. The highest BCUT2D eigenvalue weighted by Gasteiger charge is 2.20. The van der Waals surface area contributed by atoms with Crippen LogP contribution in [0, 0.1) is 17.2 Å². The fourth-order valence-corrected chi connectivity index (χ4v) is 2.15. The summed E-state index contributed by atoms with van der Waals surface area (Å²) in [6.07, 6.45) is 8.16. The topological polar surface area (TPSA) is 73.1 Å². The van der Waals surface area contributed by atoms with E-state index in [2.05, 4.69) is 16.0 Å². The largest absolute Gasteiger partial charge is 0.347 e. The number of piperidine rings is 1. The van der Waals surface area contributed by atoms with Crippen molar-refractivity contribution in [3.63, 3.8) is 0 Å². The van der Waals surface area contributed by atoms with E-state index in [0.717, 1.165) is 18.4 Å². The number of hydrogen-bond donors (Lipinski definition) is 0. The van der Waals surface area contributed by atoms with Gasteiger partial charge in [-0.25, -0.2) is 9.97 Å². The summed E-state index contributed by atoms with van der Waals surface area (Å²) in [5.41, 5.74) is 0.792. The van der Waals surface area contributed by atoms with Crippen molar-refractivity contribution < 1.29 is 4.79 Å². The summed E-state index contributed by atoms with van der Waals surface area (Å²) >= 11 is 0. The highest BCUT2D eigenvalue weighted by molar-refractivity contribution is 5.91. The van der Waals surface area contributed by atoms with Crippen molar-refractivity contribution >= 4 is 17.9 Å². The summed E-state index contributed by atoms with van der Waals surface area (Å²) in [7, 11) is 3.75.